The second kappa shape index (κ2) is 10.5. The van der Waals surface area contributed by atoms with Gasteiger partial charge in [0.1, 0.15) is 0 Å². The lowest BCUT2D eigenvalue weighted by atomic mass is 9.96. The minimum absolute atomic E-state index is 0.0501. The van der Waals surface area contributed by atoms with Crippen LogP contribution in [0.5, 0.6) is 0 Å². The van der Waals surface area contributed by atoms with Crippen molar-refractivity contribution in [2.24, 2.45) is 5.92 Å². The SMILES string of the molecule is CCOC(=O)C1CCN(C(=O)c2ccc3nc(-c4cccc(C)c4)c(-c4cccc(C)c4)nc3c2)CC1. The maximum absolute atomic E-state index is 13.3. The first-order valence-corrected chi connectivity index (χ1v) is 12.8. The Labute approximate surface area is 217 Å². The summed E-state index contributed by atoms with van der Waals surface area (Å²) in [6.45, 7) is 7.39. The zero-order valence-corrected chi connectivity index (χ0v) is 21.5. The Kier molecular flexibility index (Phi) is 6.99. The number of esters is 1. The first-order chi connectivity index (χ1) is 17.9. The Morgan fingerprint density at radius 2 is 1.43 bits per heavy atom. The molecule has 2 heterocycles. The summed E-state index contributed by atoms with van der Waals surface area (Å²) >= 11 is 0. The molecule has 1 amide bonds. The zero-order valence-electron chi connectivity index (χ0n) is 21.5. The maximum atomic E-state index is 13.3. The van der Waals surface area contributed by atoms with Gasteiger partial charge in [0, 0.05) is 29.8 Å². The third kappa shape index (κ3) is 5.24. The molecular formula is C31H31N3O3. The van der Waals surface area contributed by atoms with Gasteiger partial charge in [-0.1, -0.05) is 47.5 Å². The fourth-order valence-corrected chi connectivity index (χ4v) is 4.94. The summed E-state index contributed by atoms with van der Waals surface area (Å²) < 4.78 is 5.16. The number of carbonyl (C=O) groups is 2. The van der Waals surface area contributed by atoms with Gasteiger partial charge in [0.15, 0.2) is 0 Å². The van der Waals surface area contributed by atoms with E-state index in [0.29, 0.717) is 43.6 Å². The van der Waals surface area contributed by atoms with Gasteiger partial charge in [0.05, 0.1) is 34.9 Å². The summed E-state index contributed by atoms with van der Waals surface area (Å²) in [5.74, 6) is -0.349. The number of likely N-dealkylation sites (tertiary alicyclic amines) is 1. The smallest absolute Gasteiger partial charge is 0.309 e. The lowest BCUT2D eigenvalue weighted by Crippen LogP contribution is -2.40. The molecule has 0 aliphatic carbocycles. The number of rotatable bonds is 5. The molecule has 0 spiro atoms. The second-order valence-electron chi connectivity index (χ2n) is 9.68. The monoisotopic (exact) mass is 493 g/mol. The summed E-state index contributed by atoms with van der Waals surface area (Å²) in [5, 5.41) is 0. The first-order valence-electron chi connectivity index (χ1n) is 12.8. The molecule has 1 aliphatic heterocycles. The number of aromatic nitrogens is 2. The molecule has 0 bridgehead atoms. The molecule has 4 aromatic rings. The Morgan fingerprint density at radius 3 is 2.00 bits per heavy atom. The van der Waals surface area contributed by atoms with E-state index in [-0.39, 0.29) is 17.8 Å². The highest BCUT2D eigenvalue weighted by atomic mass is 16.5. The number of aryl methyl sites for hydroxylation is 2. The molecule has 5 rings (SSSR count). The van der Waals surface area contributed by atoms with Crippen molar-refractivity contribution < 1.29 is 14.3 Å². The maximum Gasteiger partial charge on any atom is 0.309 e. The topological polar surface area (TPSA) is 72.4 Å². The molecule has 0 atom stereocenters. The van der Waals surface area contributed by atoms with Crippen LogP contribution in [0.3, 0.4) is 0 Å². The lowest BCUT2D eigenvalue weighted by Gasteiger charge is -2.31. The molecule has 1 saturated heterocycles. The molecule has 1 fully saturated rings. The van der Waals surface area contributed by atoms with Crippen LogP contribution in [0, 0.1) is 19.8 Å². The van der Waals surface area contributed by atoms with E-state index in [4.69, 9.17) is 14.7 Å². The molecule has 188 valence electrons. The molecule has 0 saturated carbocycles. The van der Waals surface area contributed by atoms with Crippen molar-refractivity contribution in [1.29, 1.82) is 0 Å². The quantitative estimate of drug-likeness (QED) is 0.319. The number of fused-ring (bicyclic) bond motifs is 1. The van der Waals surface area contributed by atoms with E-state index in [2.05, 4.69) is 44.2 Å². The van der Waals surface area contributed by atoms with Crippen molar-refractivity contribution in [2.75, 3.05) is 19.7 Å². The molecule has 1 aromatic heterocycles. The van der Waals surface area contributed by atoms with Crippen molar-refractivity contribution >= 4 is 22.9 Å². The number of ether oxygens (including phenoxy) is 1. The average Bonchev–Trinajstić information content (AvgIpc) is 2.92. The van der Waals surface area contributed by atoms with Gasteiger partial charge in [-0.15, -0.1) is 0 Å². The highest BCUT2D eigenvalue weighted by Gasteiger charge is 2.29. The van der Waals surface area contributed by atoms with Crippen molar-refractivity contribution in [2.45, 2.75) is 33.6 Å². The van der Waals surface area contributed by atoms with E-state index in [9.17, 15) is 9.59 Å². The van der Waals surface area contributed by atoms with E-state index in [0.717, 1.165) is 39.2 Å². The molecule has 6 heteroatoms. The predicted octanol–water partition coefficient (Wildman–Crippen LogP) is 6.00. The van der Waals surface area contributed by atoms with Gasteiger partial charge in [-0.05, 0) is 63.9 Å². The van der Waals surface area contributed by atoms with Gasteiger partial charge in [0.25, 0.3) is 5.91 Å². The first kappa shape index (κ1) is 24.6. The Hall–Kier alpha value is -4.06. The zero-order chi connectivity index (χ0) is 25.9. The molecule has 0 radical (unpaired) electrons. The van der Waals surface area contributed by atoms with Crippen molar-refractivity contribution in [3.05, 3.63) is 83.4 Å². The summed E-state index contributed by atoms with van der Waals surface area (Å²) in [7, 11) is 0. The number of carbonyl (C=O) groups excluding carboxylic acids is 2. The fourth-order valence-electron chi connectivity index (χ4n) is 4.94. The average molecular weight is 494 g/mol. The fraction of sp³-hybridized carbons (Fsp3) is 0.290. The van der Waals surface area contributed by atoms with Crippen LogP contribution in [0.15, 0.2) is 66.7 Å². The minimum Gasteiger partial charge on any atom is -0.466 e. The standard InChI is InChI=1S/C31H31N3O3/c1-4-37-31(36)22-13-15-34(16-14-22)30(35)25-11-12-26-27(19-25)33-29(24-10-6-8-21(3)18-24)28(32-26)23-9-5-7-20(2)17-23/h5-12,17-19,22H,4,13-16H2,1-3H3. The van der Waals surface area contributed by atoms with Gasteiger partial charge in [-0.2, -0.15) is 0 Å². The number of piperidine rings is 1. The Morgan fingerprint density at radius 1 is 0.838 bits per heavy atom. The van der Waals surface area contributed by atoms with Crippen LogP contribution in [0.2, 0.25) is 0 Å². The van der Waals surface area contributed by atoms with Gasteiger partial charge >= 0.3 is 5.97 Å². The van der Waals surface area contributed by atoms with Crippen molar-refractivity contribution in [1.82, 2.24) is 14.9 Å². The van der Waals surface area contributed by atoms with Crippen LogP contribution in [0.4, 0.5) is 0 Å². The van der Waals surface area contributed by atoms with E-state index < -0.39 is 0 Å². The number of nitrogens with zero attached hydrogens (tertiary/aromatic N) is 3. The van der Waals surface area contributed by atoms with Crippen LogP contribution in [-0.4, -0.2) is 46.4 Å². The van der Waals surface area contributed by atoms with Crippen LogP contribution in [0.25, 0.3) is 33.5 Å². The number of benzene rings is 3. The van der Waals surface area contributed by atoms with Crippen LogP contribution in [-0.2, 0) is 9.53 Å². The molecule has 1 aliphatic rings. The van der Waals surface area contributed by atoms with Crippen molar-refractivity contribution in [3.63, 3.8) is 0 Å². The second-order valence-corrected chi connectivity index (χ2v) is 9.68. The normalized spacial score (nSPS) is 14.1. The molecule has 6 nitrogen and oxygen atoms in total. The summed E-state index contributed by atoms with van der Waals surface area (Å²) in [6, 6.07) is 22.0. The van der Waals surface area contributed by atoms with Gasteiger partial charge < -0.3 is 9.64 Å². The Bertz CT molecular complexity index is 1470. The number of hydrogen-bond acceptors (Lipinski definition) is 5. The van der Waals surface area contributed by atoms with E-state index in [1.165, 1.54) is 0 Å². The van der Waals surface area contributed by atoms with Crippen LogP contribution < -0.4 is 0 Å². The van der Waals surface area contributed by atoms with Crippen molar-refractivity contribution in [3.8, 4) is 22.5 Å². The van der Waals surface area contributed by atoms with Crippen LogP contribution >= 0.6 is 0 Å². The lowest BCUT2D eigenvalue weighted by molar-refractivity contribution is -0.149. The van der Waals surface area contributed by atoms with E-state index in [1.807, 2.05) is 48.2 Å². The number of amides is 1. The molecule has 3 aromatic carbocycles. The molecular weight excluding hydrogens is 462 g/mol. The predicted molar refractivity (Wildman–Crippen MR) is 145 cm³/mol. The summed E-state index contributed by atoms with van der Waals surface area (Å²) in [4.78, 5) is 37.3. The highest BCUT2D eigenvalue weighted by Crippen LogP contribution is 2.32. The summed E-state index contributed by atoms with van der Waals surface area (Å²) in [5.41, 5.74) is 7.91. The van der Waals surface area contributed by atoms with Gasteiger partial charge in [-0.3, -0.25) is 9.59 Å². The minimum atomic E-state index is -0.163. The molecule has 0 unspecified atom stereocenters. The van der Waals surface area contributed by atoms with Gasteiger partial charge in [0.2, 0.25) is 0 Å². The van der Waals surface area contributed by atoms with Gasteiger partial charge in [-0.25, -0.2) is 9.97 Å². The third-order valence-corrected chi connectivity index (χ3v) is 6.90. The largest absolute Gasteiger partial charge is 0.466 e. The highest BCUT2D eigenvalue weighted by molar-refractivity contribution is 5.98. The van der Waals surface area contributed by atoms with E-state index >= 15 is 0 Å². The third-order valence-electron chi connectivity index (χ3n) is 6.90. The summed E-state index contributed by atoms with van der Waals surface area (Å²) in [6.07, 6.45) is 1.24. The molecule has 37 heavy (non-hydrogen) atoms. The molecule has 0 N–H and O–H groups in total. The number of hydrogen-bond donors (Lipinski definition) is 0. The van der Waals surface area contributed by atoms with Crippen LogP contribution in [0.1, 0.15) is 41.3 Å². The van der Waals surface area contributed by atoms with E-state index in [1.54, 1.807) is 0 Å². The Balaban J connectivity index is 1.50.